The molecule has 0 saturated carbocycles. The van der Waals surface area contributed by atoms with Crippen LogP contribution in [0.5, 0.6) is 0 Å². The normalized spacial score (nSPS) is 11.0. The minimum absolute atomic E-state index is 0.136. The van der Waals surface area contributed by atoms with E-state index < -0.39 is 5.91 Å². The van der Waals surface area contributed by atoms with Crippen LogP contribution in [-0.2, 0) is 22.6 Å². The number of rotatable bonds is 10. The molecule has 0 radical (unpaired) electrons. The lowest BCUT2D eigenvalue weighted by Crippen LogP contribution is -2.16. The van der Waals surface area contributed by atoms with Crippen LogP contribution in [0.1, 0.15) is 43.3 Å². The fourth-order valence-corrected chi connectivity index (χ4v) is 3.60. The smallest absolute Gasteiger partial charge is 0.234 e. The van der Waals surface area contributed by atoms with Gasteiger partial charge in [0.05, 0.1) is 18.6 Å². The molecule has 9 heteroatoms. The maximum Gasteiger partial charge on any atom is 0.234 e. The van der Waals surface area contributed by atoms with Crippen molar-refractivity contribution in [3.05, 3.63) is 59.8 Å². The van der Waals surface area contributed by atoms with E-state index in [0.717, 1.165) is 11.4 Å². The van der Waals surface area contributed by atoms with Crippen LogP contribution < -0.4 is 11.1 Å². The molecule has 0 fully saturated rings. The van der Waals surface area contributed by atoms with E-state index in [2.05, 4.69) is 29.4 Å². The van der Waals surface area contributed by atoms with Crippen molar-refractivity contribution in [1.82, 2.24) is 14.8 Å². The van der Waals surface area contributed by atoms with Crippen LogP contribution in [0.2, 0.25) is 0 Å². The second-order valence-electron chi connectivity index (χ2n) is 7.14. The van der Waals surface area contributed by atoms with Gasteiger partial charge in [-0.1, -0.05) is 37.7 Å². The second-order valence-corrected chi connectivity index (χ2v) is 8.09. The number of nitrogens with one attached hydrogen (secondary N) is 1. The molecule has 3 N–H and O–H groups in total. The highest BCUT2D eigenvalue weighted by molar-refractivity contribution is 7.99. The Morgan fingerprint density at radius 1 is 1.20 bits per heavy atom. The number of anilines is 1. The Labute approximate surface area is 179 Å². The summed E-state index contributed by atoms with van der Waals surface area (Å²) in [5.74, 6) is 1.43. The minimum Gasteiger partial charge on any atom is -0.467 e. The van der Waals surface area contributed by atoms with E-state index in [9.17, 15) is 9.59 Å². The van der Waals surface area contributed by atoms with Crippen LogP contribution in [0, 0.1) is 0 Å². The predicted octanol–water partition coefficient (Wildman–Crippen LogP) is 3.19. The van der Waals surface area contributed by atoms with Gasteiger partial charge in [0.25, 0.3) is 0 Å². The zero-order valence-electron chi connectivity index (χ0n) is 17.0. The standard InChI is InChI=1S/C21H25N5O3S/c1-14(2)15-5-7-16(8-6-15)23-20(28)13-30-21-25-24-19(10-9-18(22)27)26(21)12-17-4-3-11-29-17/h3-8,11,14H,9-10,12-13H2,1-2H3,(H2,22,27)(H,23,28). The Morgan fingerprint density at radius 2 is 1.97 bits per heavy atom. The molecule has 3 aromatic rings. The van der Waals surface area contributed by atoms with E-state index in [1.54, 1.807) is 12.3 Å². The van der Waals surface area contributed by atoms with E-state index in [0.29, 0.717) is 29.9 Å². The highest BCUT2D eigenvalue weighted by Crippen LogP contribution is 2.21. The predicted molar refractivity (Wildman–Crippen MR) is 115 cm³/mol. The first kappa shape index (κ1) is 21.6. The van der Waals surface area contributed by atoms with Gasteiger partial charge in [-0.05, 0) is 35.7 Å². The molecule has 0 unspecified atom stereocenters. The van der Waals surface area contributed by atoms with Gasteiger partial charge in [0, 0.05) is 18.5 Å². The number of benzene rings is 1. The quantitative estimate of drug-likeness (QED) is 0.480. The minimum atomic E-state index is -0.403. The highest BCUT2D eigenvalue weighted by atomic mass is 32.2. The maximum atomic E-state index is 12.4. The fraction of sp³-hybridized carbons (Fsp3) is 0.333. The van der Waals surface area contributed by atoms with Crippen LogP contribution in [0.25, 0.3) is 0 Å². The van der Waals surface area contributed by atoms with Crippen molar-refractivity contribution in [1.29, 1.82) is 0 Å². The molecule has 2 aromatic heterocycles. The first-order chi connectivity index (χ1) is 14.4. The Morgan fingerprint density at radius 3 is 2.60 bits per heavy atom. The Balaban J connectivity index is 1.64. The van der Waals surface area contributed by atoms with Gasteiger partial charge in [-0.25, -0.2) is 0 Å². The molecule has 8 nitrogen and oxygen atoms in total. The molecule has 0 aliphatic heterocycles. The van der Waals surface area contributed by atoms with Crippen LogP contribution in [0.3, 0.4) is 0 Å². The Hall–Kier alpha value is -3.07. The third-order valence-corrected chi connectivity index (χ3v) is 5.44. The van der Waals surface area contributed by atoms with Gasteiger partial charge in [-0.15, -0.1) is 10.2 Å². The van der Waals surface area contributed by atoms with Crippen molar-refractivity contribution in [3.63, 3.8) is 0 Å². The molecule has 30 heavy (non-hydrogen) atoms. The highest BCUT2D eigenvalue weighted by Gasteiger charge is 2.16. The van der Waals surface area contributed by atoms with Gasteiger partial charge in [-0.2, -0.15) is 0 Å². The van der Waals surface area contributed by atoms with E-state index >= 15 is 0 Å². The molecule has 0 atom stereocenters. The third kappa shape index (κ3) is 5.96. The zero-order valence-corrected chi connectivity index (χ0v) is 17.8. The van der Waals surface area contributed by atoms with Crippen molar-refractivity contribution in [2.24, 2.45) is 5.73 Å². The average Bonchev–Trinajstić information content (AvgIpc) is 3.35. The summed E-state index contributed by atoms with van der Waals surface area (Å²) in [7, 11) is 0. The molecule has 0 saturated heterocycles. The summed E-state index contributed by atoms with van der Waals surface area (Å²) >= 11 is 1.28. The molecule has 158 valence electrons. The van der Waals surface area contributed by atoms with Crippen LogP contribution in [0.4, 0.5) is 5.69 Å². The van der Waals surface area contributed by atoms with Crippen molar-refractivity contribution < 1.29 is 14.0 Å². The van der Waals surface area contributed by atoms with Gasteiger partial charge in [0.2, 0.25) is 11.8 Å². The average molecular weight is 428 g/mol. The molecule has 0 aliphatic rings. The number of hydrogen-bond acceptors (Lipinski definition) is 6. The summed E-state index contributed by atoms with van der Waals surface area (Å²) in [5.41, 5.74) is 7.23. The van der Waals surface area contributed by atoms with Crippen molar-refractivity contribution in [2.45, 2.75) is 44.3 Å². The first-order valence-electron chi connectivity index (χ1n) is 9.67. The summed E-state index contributed by atoms with van der Waals surface area (Å²) < 4.78 is 7.26. The lowest BCUT2D eigenvalue weighted by molar-refractivity contribution is -0.118. The molecule has 2 amide bonds. The molecular formula is C21H25N5O3S. The summed E-state index contributed by atoms with van der Waals surface area (Å²) in [6.07, 6.45) is 2.14. The Bertz CT molecular complexity index is 981. The lowest BCUT2D eigenvalue weighted by Gasteiger charge is -2.10. The molecule has 0 aliphatic carbocycles. The summed E-state index contributed by atoms with van der Waals surface area (Å²) in [6.45, 7) is 4.66. The number of aryl methyl sites for hydroxylation is 1. The maximum absolute atomic E-state index is 12.4. The molecule has 3 rings (SSSR count). The molecule has 2 heterocycles. The number of thioether (sulfide) groups is 1. The van der Waals surface area contributed by atoms with Gasteiger partial charge in [0.1, 0.15) is 11.6 Å². The third-order valence-electron chi connectivity index (χ3n) is 4.48. The van der Waals surface area contributed by atoms with Gasteiger partial charge in [-0.3, -0.25) is 14.2 Å². The fourth-order valence-electron chi connectivity index (χ4n) is 2.84. The SMILES string of the molecule is CC(C)c1ccc(NC(=O)CSc2nnc(CCC(N)=O)n2Cc2ccco2)cc1. The van der Waals surface area contributed by atoms with E-state index in [1.165, 1.54) is 17.3 Å². The van der Waals surface area contributed by atoms with E-state index in [4.69, 9.17) is 10.2 Å². The lowest BCUT2D eigenvalue weighted by atomic mass is 10.0. The van der Waals surface area contributed by atoms with Crippen molar-refractivity contribution in [3.8, 4) is 0 Å². The van der Waals surface area contributed by atoms with E-state index in [-0.39, 0.29) is 18.1 Å². The van der Waals surface area contributed by atoms with Crippen LogP contribution in [-0.4, -0.2) is 32.3 Å². The zero-order chi connectivity index (χ0) is 21.5. The summed E-state index contributed by atoms with van der Waals surface area (Å²) in [6, 6.07) is 11.5. The molecular weight excluding hydrogens is 402 g/mol. The van der Waals surface area contributed by atoms with Crippen LogP contribution in [0.15, 0.2) is 52.2 Å². The number of nitrogens with zero attached hydrogens (tertiary/aromatic N) is 3. The van der Waals surface area contributed by atoms with Crippen molar-refractivity contribution >= 4 is 29.3 Å². The Kier molecular flexibility index (Phi) is 7.29. The first-order valence-corrected chi connectivity index (χ1v) is 10.7. The van der Waals surface area contributed by atoms with Crippen molar-refractivity contribution in [2.75, 3.05) is 11.1 Å². The number of nitrogens with two attached hydrogens (primary N) is 1. The van der Waals surface area contributed by atoms with Crippen LogP contribution >= 0.6 is 11.8 Å². The van der Waals surface area contributed by atoms with Gasteiger partial charge < -0.3 is 15.5 Å². The summed E-state index contributed by atoms with van der Waals surface area (Å²) in [4.78, 5) is 23.5. The number of furan rings is 1. The monoisotopic (exact) mass is 427 g/mol. The van der Waals surface area contributed by atoms with E-state index in [1.807, 2.05) is 34.9 Å². The number of amides is 2. The summed E-state index contributed by atoms with van der Waals surface area (Å²) in [5, 5.41) is 11.8. The second kappa shape index (κ2) is 10.1. The number of carbonyl (C=O) groups excluding carboxylic acids is 2. The number of primary amides is 1. The number of aromatic nitrogens is 3. The number of hydrogen-bond donors (Lipinski definition) is 2. The molecule has 0 bridgehead atoms. The molecule has 1 aromatic carbocycles. The van der Waals surface area contributed by atoms with Gasteiger partial charge >= 0.3 is 0 Å². The van der Waals surface area contributed by atoms with Gasteiger partial charge in [0.15, 0.2) is 5.16 Å². The largest absolute Gasteiger partial charge is 0.467 e. The topological polar surface area (TPSA) is 116 Å². The molecule has 0 spiro atoms. The number of carbonyl (C=O) groups is 2.